The molecule has 0 atom stereocenters. The Kier molecular flexibility index (Phi) is 14.9. The average molecular weight is 857 g/mol. The molecule has 2 aromatic heterocycles. The highest BCUT2D eigenvalue weighted by molar-refractivity contribution is 7.90. The maximum Gasteiger partial charge on any atom is 0.293 e. The minimum atomic E-state index is -4.55. The Morgan fingerprint density at radius 1 is 1.08 bits per heavy atom. The Labute approximate surface area is 359 Å². The number of nitro groups is 1. The molecule has 0 spiro atoms. The molecule has 61 heavy (non-hydrogen) atoms. The SMILES string of the molecule is C=C(C)CCC1=C(CN2CCN(c3ccc(C(=O)NS(=O)(=O)c4ccc(NCCCN(C)CCOC)c([N+](=O)[O-])c4)c(Oc4cnc5[nH]ccc5c4)c3)CC2)CCC(C)(C)C1. The number of aromatic nitrogens is 2. The van der Waals surface area contributed by atoms with Crippen LogP contribution in [0.25, 0.3) is 11.0 Å². The fraction of sp³-hybridized carbons (Fsp3) is 0.467. The molecule has 3 N–H and O–H groups in total. The first kappa shape index (κ1) is 45.2. The van der Waals surface area contributed by atoms with Crippen LogP contribution < -0.4 is 19.7 Å². The molecule has 1 fully saturated rings. The smallest absolute Gasteiger partial charge is 0.293 e. The van der Waals surface area contributed by atoms with Crippen molar-refractivity contribution in [2.24, 2.45) is 5.41 Å². The topological polar surface area (TPSA) is 175 Å². The number of nitrogens with zero attached hydrogens (tertiary/aromatic N) is 5. The van der Waals surface area contributed by atoms with Crippen LogP contribution in [0, 0.1) is 15.5 Å². The number of sulfonamides is 1. The number of hydrogen-bond acceptors (Lipinski definition) is 12. The number of likely N-dealkylation sites (N-methyl/N-ethyl adjacent to an activating group) is 1. The Morgan fingerprint density at radius 2 is 1.87 bits per heavy atom. The number of H-pyrrole nitrogens is 1. The number of pyridine rings is 1. The van der Waals surface area contributed by atoms with Crippen LogP contribution in [0.1, 0.15) is 69.7 Å². The third-order valence-corrected chi connectivity index (χ3v) is 12.9. The second kappa shape index (κ2) is 20.1. The molecule has 1 aliphatic carbocycles. The number of carbonyl (C=O) groups excluding carboxylic acids is 1. The molecule has 16 heteroatoms. The molecular formula is C45H60N8O7S. The van der Waals surface area contributed by atoms with E-state index in [1.165, 1.54) is 30.3 Å². The second-order valence-corrected chi connectivity index (χ2v) is 18.8. The van der Waals surface area contributed by atoms with Crippen LogP contribution in [0.15, 0.2) is 89.1 Å². The lowest BCUT2D eigenvalue weighted by atomic mass is 9.73. The Hall–Kier alpha value is -5.29. The van der Waals surface area contributed by atoms with Gasteiger partial charge in [0.1, 0.15) is 22.8 Å². The highest BCUT2D eigenvalue weighted by Gasteiger charge is 2.30. The van der Waals surface area contributed by atoms with Gasteiger partial charge in [-0.25, -0.2) is 18.1 Å². The van der Waals surface area contributed by atoms with Gasteiger partial charge in [0.2, 0.25) is 0 Å². The molecule has 4 aromatic rings. The van der Waals surface area contributed by atoms with Gasteiger partial charge in [0.25, 0.3) is 21.6 Å². The summed E-state index contributed by atoms with van der Waals surface area (Å²) in [4.78, 5) is 39.2. The van der Waals surface area contributed by atoms with Crippen molar-refractivity contribution in [3.63, 3.8) is 0 Å². The summed E-state index contributed by atoms with van der Waals surface area (Å²) in [7, 11) is -0.957. The number of nitrogens with one attached hydrogen (secondary N) is 3. The van der Waals surface area contributed by atoms with E-state index >= 15 is 0 Å². The summed E-state index contributed by atoms with van der Waals surface area (Å²) in [5.41, 5.74) is 5.90. The number of ether oxygens (including phenoxy) is 2. The van der Waals surface area contributed by atoms with Gasteiger partial charge in [-0.3, -0.25) is 19.8 Å². The number of allylic oxidation sites excluding steroid dienone is 2. The van der Waals surface area contributed by atoms with Gasteiger partial charge >= 0.3 is 0 Å². The summed E-state index contributed by atoms with van der Waals surface area (Å²) < 4.78 is 40.8. The zero-order valence-corrected chi connectivity index (χ0v) is 36.9. The lowest BCUT2D eigenvalue weighted by molar-refractivity contribution is -0.384. The van der Waals surface area contributed by atoms with Crippen LogP contribution >= 0.6 is 0 Å². The van der Waals surface area contributed by atoms with Crippen molar-refractivity contribution in [3.05, 3.63) is 99.9 Å². The molecule has 1 aliphatic heterocycles. The molecule has 0 bridgehead atoms. The summed E-state index contributed by atoms with van der Waals surface area (Å²) in [6.45, 7) is 17.7. The van der Waals surface area contributed by atoms with Crippen LogP contribution in [0.3, 0.4) is 0 Å². The molecule has 1 amide bonds. The summed E-state index contributed by atoms with van der Waals surface area (Å²) in [6, 6.07) is 12.3. The molecule has 15 nitrogen and oxygen atoms in total. The molecule has 1 saturated heterocycles. The molecule has 3 heterocycles. The first-order valence-electron chi connectivity index (χ1n) is 20.9. The van der Waals surface area contributed by atoms with Gasteiger partial charge in [0.05, 0.1) is 28.2 Å². The van der Waals surface area contributed by atoms with Gasteiger partial charge in [-0.15, -0.1) is 6.58 Å². The van der Waals surface area contributed by atoms with Crippen LogP contribution in [0.5, 0.6) is 11.5 Å². The van der Waals surface area contributed by atoms with E-state index in [-0.39, 0.29) is 17.0 Å². The Bertz CT molecular complexity index is 2350. The summed E-state index contributed by atoms with van der Waals surface area (Å²) in [5, 5.41) is 15.9. The third kappa shape index (κ3) is 12.2. The molecule has 2 aliphatic rings. The van der Waals surface area contributed by atoms with E-state index in [0.717, 1.165) is 88.6 Å². The van der Waals surface area contributed by atoms with E-state index in [1.54, 1.807) is 48.7 Å². The fourth-order valence-corrected chi connectivity index (χ4v) is 8.93. The van der Waals surface area contributed by atoms with Crippen molar-refractivity contribution >= 4 is 44.0 Å². The van der Waals surface area contributed by atoms with E-state index in [2.05, 4.69) is 62.1 Å². The molecule has 2 aromatic carbocycles. The Morgan fingerprint density at radius 3 is 2.61 bits per heavy atom. The number of hydrogen-bond donors (Lipinski definition) is 3. The number of aromatic amines is 1. The van der Waals surface area contributed by atoms with Gasteiger partial charge in [0, 0.05) is 82.3 Å². The predicted octanol–water partition coefficient (Wildman–Crippen LogP) is 7.75. The molecule has 328 valence electrons. The molecule has 0 saturated carbocycles. The van der Waals surface area contributed by atoms with E-state index in [9.17, 15) is 23.3 Å². The molecule has 0 unspecified atom stereocenters. The van der Waals surface area contributed by atoms with Crippen molar-refractivity contribution < 1.29 is 27.6 Å². The van der Waals surface area contributed by atoms with Crippen molar-refractivity contribution in [2.75, 3.05) is 83.3 Å². The standard InChI is InChI=1S/C45H60N8O7S/c1-32(2)8-9-34-29-45(3,4)16-14-35(34)31-51-20-22-52(23-21-51)36-10-12-39(42(27-36)60-37-26-33-15-18-47-43(33)48-30-37)44(54)49-61(57,58)38-11-13-40(41(28-38)53(55)56)46-17-7-19-50(5)24-25-59-6/h10-13,15,18,26-28,30,46H,1,7-9,14,16-17,19-25,29,31H2,2-6H3,(H,47,48)(H,49,54). The van der Waals surface area contributed by atoms with Gasteiger partial charge in [-0.1, -0.05) is 30.6 Å². The van der Waals surface area contributed by atoms with Crippen LogP contribution in [0.2, 0.25) is 0 Å². The van der Waals surface area contributed by atoms with Crippen LogP contribution in [-0.2, 0) is 14.8 Å². The minimum Gasteiger partial charge on any atom is -0.455 e. The fourth-order valence-electron chi connectivity index (χ4n) is 7.94. The van der Waals surface area contributed by atoms with Crippen molar-refractivity contribution in [3.8, 4) is 11.5 Å². The summed E-state index contributed by atoms with van der Waals surface area (Å²) in [5.74, 6) is -0.451. The van der Waals surface area contributed by atoms with E-state index in [0.29, 0.717) is 36.4 Å². The van der Waals surface area contributed by atoms with E-state index < -0.39 is 31.4 Å². The van der Waals surface area contributed by atoms with Gasteiger partial charge in [-0.2, -0.15) is 0 Å². The first-order chi connectivity index (χ1) is 29.1. The van der Waals surface area contributed by atoms with Gasteiger partial charge < -0.3 is 29.6 Å². The number of methoxy groups -OCH3 is 1. The van der Waals surface area contributed by atoms with Crippen LogP contribution in [-0.4, -0.2) is 112 Å². The summed E-state index contributed by atoms with van der Waals surface area (Å²) in [6.07, 6.45) is 9.51. The zero-order valence-electron chi connectivity index (χ0n) is 36.1. The highest BCUT2D eigenvalue weighted by atomic mass is 32.2. The normalized spacial score (nSPS) is 15.9. The average Bonchev–Trinajstić information content (AvgIpc) is 3.69. The lowest BCUT2D eigenvalue weighted by Crippen LogP contribution is -2.47. The first-order valence-corrected chi connectivity index (χ1v) is 22.4. The van der Waals surface area contributed by atoms with Crippen molar-refractivity contribution in [1.29, 1.82) is 0 Å². The van der Waals surface area contributed by atoms with E-state index in [1.807, 2.05) is 13.1 Å². The number of amides is 1. The molecular weight excluding hydrogens is 797 g/mol. The quantitative estimate of drug-likeness (QED) is 0.0342. The van der Waals surface area contributed by atoms with Gasteiger partial charge in [0.15, 0.2) is 0 Å². The third-order valence-electron chi connectivity index (χ3n) is 11.5. The number of piperazine rings is 1. The number of nitro benzene ring substituents is 1. The predicted molar refractivity (Wildman–Crippen MR) is 240 cm³/mol. The Balaban J connectivity index is 1.18. The lowest BCUT2D eigenvalue weighted by Gasteiger charge is -2.39. The molecule has 6 rings (SSSR count). The maximum absolute atomic E-state index is 13.9. The highest BCUT2D eigenvalue weighted by Crippen LogP contribution is 2.41. The van der Waals surface area contributed by atoms with E-state index in [4.69, 9.17) is 9.47 Å². The number of fused-ring (bicyclic) bond motifs is 1. The van der Waals surface area contributed by atoms with Gasteiger partial charge in [-0.05, 0) is 101 Å². The minimum absolute atomic E-state index is 0.0298. The van der Waals surface area contributed by atoms with Crippen LogP contribution in [0.4, 0.5) is 17.1 Å². The maximum atomic E-state index is 13.9. The van der Waals surface area contributed by atoms with Crippen molar-refractivity contribution in [2.45, 2.75) is 64.2 Å². The monoisotopic (exact) mass is 856 g/mol. The number of rotatable bonds is 20. The largest absolute Gasteiger partial charge is 0.455 e. The number of anilines is 2. The molecule has 0 radical (unpaired) electrons. The summed E-state index contributed by atoms with van der Waals surface area (Å²) >= 11 is 0. The number of benzene rings is 2. The zero-order chi connectivity index (χ0) is 43.7. The second-order valence-electron chi connectivity index (χ2n) is 17.1. The number of carbonyl (C=O) groups is 1. The van der Waals surface area contributed by atoms with Crippen molar-refractivity contribution in [1.82, 2.24) is 24.5 Å².